The Morgan fingerprint density at radius 3 is 2.59 bits per heavy atom. The van der Waals surface area contributed by atoms with Crippen molar-refractivity contribution in [3.05, 3.63) is 30.0 Å². The highest BCUT2D eigenvalue weighted by molar-refractivity contribution is 7.99. The van der Waals surface area contributed by atoms with Crippen LogP contribution in [-0.4, -0.2) is 100.0 Å². The molecule has 3 aliphatic rings. The fraction of sp³-hybridized carbons (Fsp3) is 0.581. The predicted molar refractivity (Wildman–Crippen MR) is 169 cm³/mol. The zero-order valence-electron chi connectivity index (χ0n) is 25.9. The summed E-state index contributed by atoms with van der Waals surface area (Å²) in [6.07, 6.45) is 3.40. The first-order valence-corrected chi connectivity index (χ1v) is 16.4. The quantitative estimate of drug-likeness (QED) is 0.376. The van der Waals surface area contributed by atoms with E-state index in [2.05, 4.69) is 10.6 Å². The van der Waals surface area contributed by atoms with Crippen LogP contribution >= 0.6 is 11.8 Å². The zero-order chi connectivity index (χ0) is 31.4. The first kappa shape index (κ1) is 31.7. The molecule has 12 nitrogen and oxygen atoms in total. The number of benzene rings is 1. The van der Waals surface area contributed by atoms with Crippen molar-refractivity contribution in [1.82, 2.24) is 20.0 Å². The average molecular weight is 627 g/mol. The van der Waals surface area contributed by atoms with Gasteiger partial charge in [-0.3, -0.25) is 24.6 Å². The minimum atomic E-state index is -0.786. The van der Waals surface area contributed by atoms with E-state index < -0.39 is 29.7 Å². The molecule has 3 saturated heterocycles. The van der Waals surface area contributed by atoms with Gasteiger partial charge < -0.3 is 24.3 Å². The molecule has 1 aromatic carbocycles. The number of aryl methyl sites for hydroxylation is 1. The molecule has 0 radical (unpaired) electrons. The molecule has 238 valence electrons. The van der Waals surface area contributed by atoms with Gasteiger partial charge in [-0.15, -0.1) is 11.8 Å². The zero-order valence-corrected chi connectivity index (χ0v) is 26.7. The Kier molecular flexibility index (Phi) is 9.72. The van der Waals surface area contributed by atoms with Crippen LogP contribution in [-0.2, 0) is 19.1 Å². The molecule has 2 atom stereocenters. The lowest BCUT2D eigenvalue weighted by molar-refractivity contribution is -0.140. The summed E-state index contributed by atoms with van der Waals surface area (Å²) in [4.78, 5) is 62.7. The van der Waals surface area contributed by atoms with Gasteiger partial charge in [0.2, 0.25) is 23.7 Å². The Hall–Kier alpha value is -3.74. The Balaban J connectivity index is 1.38. The molecule has 5 rings (SSSR count). The van der Waals surface area contributed by atoms with Crippen LogP contribution < -0.4 is 10.6 Å². The molecule has 3 aliphatic heterocycles. The van der Waals surface area contributed by atoms with Crippen molar-refractivity contribution in [2.24, 2.45) is 4.99 Å². The number of carbonyl (C=O) groups excluding carboxylic acids is 4. The summed E-state index contributed by atoms with van der Waals surface area (Å²) >= 11 is 1.46. The van der Waals surface area contributed by atoms with Crippen molar-refractivity contribution in [2.45, 2.75) is 77.5 Å². The van der Waals surface area contributed by atoms with E-state index in [0.29, 0.717) is 30.3 Å². The molecule has 2 unspecified atom stereocenters. The summed E-state index contributed by atoms with van der Waals surface area (Å²) in [7, 11) is 0. The van der Waals surface area contributed by atoms with Gasteiger partial charge in [-0.25, -0.2) is 9.79 Å². The molecular formula is C31H42N6O6S. The van der Waals surface area contributed by atoms with E-state index in [1.165, 1.54) is 16.7 Å². The molecule has 13 heteroatoms. The number of hydrogen-bond donors (Lipinski definition) is 2. The topological polar surface area (TPSA) is 137 Å². The normalized spacial score (nSPS) is 21.5. The lowest BCUT2D eigenvalue weighted by Crippen LogP contribution is -2.51. The molecule has 2 aromatic rings. The Morgan fingerprint density at radius 2 is 1.84 bits per heavy atom. The number of carbonyl (C=O) groups is 4. The van der Waals surface area contributed by atoms with Crippen molar-refractivity contribution in [1.29, 1.82) is 0 Å². The standard InChI is InChI=1S/C31H42N6O6S/c1-20-15-21-16-22(10-11-25(21)42-20)32-29(34-27(39)24-18-44-19-37(24)30(41)43-31(2,3)4)33-23-9-5-6-14-36(28(23)40)17-26(38)35-12-7-8-13-35/h10-11,15-16,23-24H,5-9,12-14,17-19H2,1-4H3,(H2,32,33,34,39). The molecular weight excluding hydrogens is 584 g/mol. The fourth-order valence-corrected chi connectivity index (χ4v) is 6.74. The van der Waals surface area contributed by atoms with Crippen LogP contribution in [0, 0.1) is 6.92 Å². The molecule has 4 amide bonds. The molecule has 4 heterocycles. The molecule has 0 aliphatic carbocycles. The highest BCUT2D eigenvalue weighted by Crippen LogP contribution is 2.25. The van der Waals surface area contributed by atoms with Crippen molar-refractivity contribution in [2.75, 3.05) is 43.1 Å². The van der Waals surface area contributed by atoms with Crippen LogP contribution in [0.2, 0.25) is 0 Å². The third-order valence-corrected chi connectivity index (χ3v) is 8.79. The number of guanidine groups is 1. The van der Waals surface area contributed by atoms with Crippen molar-refractivity contribution in [3.8, 4) is 0 Å². The number of fused-ring (bicyclic) bond motifs is 1. The van der Waals surface area contributed by atoms with Crippen LogP contribution in [0.5, 0.6) is 0 Å². The SMILES string of the molecule is Cc1cc2cc(NC(=NC3CCCCN(CC(=O)N4CCCC4)C3=O)NC(=O)C3CSCN3C(=O)OC(C)(C)C)ccc2o1. The van der Waals surface area contributed by atoms with Crippen molar-refractivity contribution in [3.63, 3.8) is 0 Å². The molecule has 1 aromatic heterocycles. The van der Waals surface area contributed by atoms with E-state index in [1.807, 2.05) is 30.0 Å². The predicted octanol–water partition coefficient (Wildman–Crippen LogP) is 3.94. The number of thioether (sulfide) groups is 1. The lowest BCUT2D eigenvalue weighted by atomic mass is 10.1. The van der Waals surface area contributed by atoms with E-state index in [-0.39, 0.29) is 24.3 Å². The van der Waals surface area contributed by atoms with Gasteiger partial charge in [0.25, 0.3) is 0 Å². The second-order valence-corrected chi connectivity index (χ2v) is 13.5. The number of amides is 4. The van der Waals surface area contributed by atoms with Gasteiger partial charge in [-0.2, -0.15) is 0 Å². The molecule has 0 spiro atoms. The summed E-state index contributed by atoms with van der Waals surface area (Å²) in [6.45, 7) is 9.17. The maximum Gasteiger partial charge on any atom is 0.411 e. The maximum absolute atomic E-state index is 13.7. The van der Waals surface area contributed by atoms with Gasteiger partial charge in [0.1, 0.15) is 29.0 Å². The third kappa shape index (κ3) is 7.85. The number of aliphatic imine (C=N–C) groups is 1. The van der Waals surface area contributed by atoms with Crippen LogP contribution in [0.15, 0.2) is 33.7 Å². The first-order valence-electron chi connectivity index (χ1n) is 15.3. The summed E-state index contributed by atoms with van der Waals surface area (Å²) in [6, 6.07) is 5.86. The van der Waals surface area contributed by atoms with E-state index in [0.717, 1.165) is 55.5 Å². The number of anilines is 1. The van der Waals surface area contributed by atoms with Gasteiger partial charge in [-0.05, 0) is 84.1 Å². The average Bonchev–Trinajstić information content (AvgIpc) is 3.71. The summed E-state index contributed by atoms with van der Waals surface area (Å²) in [5.41, 5.74) is 0.666. The smallest absolute Gasteiger partial charge is 0.411 e. The number of hydrogen-bond acceptors (Lipinski definition) is 8. The van der Waals surface area contributed by atoms with Crippen LogP contribution in [0.3, 0.4) is 0 Å². The summed E-state index contributed by atoms with van der Waals surface area (Å²) < 4.78 is 11.2. The van der Waals surface area contributed by atoms with Crippen LogP contribution in [0.4, 0.5) is 10.5 Å². The summed E-state index contributed by atoms with van der Waals surface area (Å²) in [5.74, 6) is 0.870. The van der Waals surface area contributed by atoms with Gasteiger partial charge >= 0.3 is 6.09 Å². The monoisotopic (exact) mass is 626 g/mol. The van der Waals surface area contributed by atoms with Crippen LogP contribution in [0.1, 0.15) is 58.6 Å². The van der Waals surface area contributed by atoms with Gasteiger partial charge in [-0.1, -0.05) is 0 Å². The number of rotatable bonds is 5. The van der Waals surface area contributed by atoms with Crippen molar-refractivity contribution < 1.29 is 28.3 Å². The first-order chi connectivity index (χ1) is 21.0. The van der Waals surface area contributed by atoms with E-state index in [9.17, 15) is 19.2 Å². The Morgan fingerprint density at radius 1 is 1.09 bits per heavy atom. The number of furan rings is 1. The Bertz CT molecular complexity index is 1430. The lowest BCUT2D eigenvalue weighted by Gasteiger charge is -2.28. The Labute approximate surface area is 261 Å². The van der Waals surface area contributed by atoms with Gasteiger partial charge in [0.15, 0.2) is 0 Å². The van der Waals surface area contributed by atoms with E-state index >= 15 is 0 Å². The fourth-order valence-electron chi connectivity index (χ4n) is 5.59. The number of likely N-dealkylation sites (tertiary alicyclic amines) is 2. The molecule has 2 N–H and O–H groups in total. The minimum Gasteiger partial charge on any atom is -0.461 e. The molecule has 44 heavy (non-hydrogen) atoms. The van der Waals surface area contributed by atoms with Gasteiger partial charge in [0, 0.05) is 36.5 Å². The largest absolute Gasteiger partial charge is 0.461 e. The highest BCUT2D eigenvalue weighted by atomic mass is 32.2. The highest BCUT2D eigenvalue weighted by Gasteiger charge is 2.38. The number of nitrogens with zero attached hydrogens (tertiary/aromatic N) is 4. The molecule has 3 fully saturated rings. The minimum absolute atomic E-state index is 0.0284. The summed E-state index contributed by atoms with van der Waals surface area (Å²) in [5, 5.41) is 6.93. The second-order valence-electron chi connectivity index (χ2n) is 12.5. The van der Waals surface area contributed by atoms with Crippen LogP contribution in [0.25, 0.3) is 11.0 Å². The third-order valence-electron chi connectivity index (χ3n) is 7.78. The molecule has 0 saturated carbocycles. The second kappa shape index (κ2) is 13.5. The van der Waals surface area contributed by atoms with Gasteiger partial charge in [0.05, 0.1) is 12.4 Å². The van der Waals surface area contributed by atoms with Crippen molar-refractivity contribution >= 4 is 58.2 Å². The van der Waals surface area contributed by atoms with E-state index in [1.54, 1.807) is 31.7 Å². The van der Waals surface area contributed by atoms with E-state index in [4.69, 9.17) is 14.1 Å². The number of nitrogens with one attached hydrogen (secondary N) is 2. The molecule has 0 bridgehead atoms. The maximum atomic E-state index is 13.7. The number of ether oxygens (including phenoxy) is 1.